The van der Waals surface area contributed by atoms with Crippen molar-refractivity contribution in [2.75, 3.05) is 6.61 Å². The average molecular weight is 297 g/mol. The van der Waals surface area contributed by atoms with Gasteiger partial charge in [0.15, 0.2) is 0 Å². The van der Waals surface area contributed by atoms with Crippen molar-refractivity contribution in [1.82, 2.24) is 5.32 Å². The highest BCUT2D eigenvalue weighted by atomic mass is 32.1. The third kappa shape index (κ3) is 3.40. The van der Waals surface area contributed by atoms with Gasteiger partial charge in [0.05, 0.1) is 6.61 Å². The number of hydrogen-bond acceptors (Lipinski definition) is 4. The minimum atomic E-state index is -0.868. The van der Waals surface area contributed by atoms with Crippen LogP contribution in [0.1, 0.15) is 52.7 Å². The number of aromatic carboxylic acids is 1. The van der Waals surface area contributed by atoms with Gasteiger partial charge in [0.25, 0.3) is 0 Å². The summed E-state index contributed by atoms with van der Waals surface area (Å²) in [6, 6.07) is 1.74. The maximum Gasteiger partial charge on any atom is 0.345 e. The molecule has 2 atom stereocenters. The monoisotopic (exact) mass is 297 g/mol. The summed E-state index contributed by atoms with van der Waals surface area (Å²) in [5.74, 6) is -0.242. The fourth-order valence-electron chi connectivity index (χ4n) is 3.10. The SMILES string of the molecule is Cc1sc(C(=O)O)cc1CNC1(CO)CCCC(C)C1. The van der Waals surface area contributed by atoms with Crippen molar-refractivity contribution in [2.45, 2.75) is 51.6 Å². The summed E-state index contributed by atoms with van der Waals surface area (Å²) in [5.41, 5.74) is 0.827. The molecule has 112 valence electrons. The molecule has 2 unspecified atom stereocenters. The highest BCUT2D eigenvalue weighted by Crippen LogP contribution is 2.32. The number of aliphatic hydroxyl groups is 1. The number of nitrogens with one attached hydrogen (secondary N) is 1. The fraction of sp³-hybridized carbons (Fsp3) is 0.667. The third-order valence-corrected chi connectivity index (χ3v) is 5.36. The van der Waals surface area contributed by atoms with Crippen LogP contribution in [0.5, 0.6) is 0 Å². The standard InChI is InChI=1S/C15H23NO3S/c1-10-4-3-5-15(7-10,9-17)16-8-12-6-13(14(18)19)20-11(12)2/h6,10,16-17H,3-5,7-9H2,1-2H3,(H,18,19). The molecule has 4 nitrogen and oxygen atoms in total. The van der Waals surface area contributed by atoms with Crippen LogP contribution in [0.3, 0.4) is 0 Å². The van der Waals surface area contributed by atoms with Crippen LogP contribution in [-0.2, 0) is 6.54 Å². The Hall–Kier alpha value is -0.910. The van der Waals surface area contributed by atoms with E-state index in [9.17, 15) is 9.90 Å². The zero-order chi connectivity index (χ0) is 14.8. The summed E-state index contributed by atoms with van der Waals surface area (Å²) < 4.78 is 0. The molecule has 0 aromatic carbocycles. The third-order valence-electron chi connectivity index (χ3n) is 4.28. The maximum absolute atomic E-state index is 11.0. The fourth-order valence-corrected chi connectivity index (χ4v) is 3.98. The van der Waals surface area contributed by atoms with Gasteiger partial charge in [0.2, 0.25) is 0 Å². The first-order valence-corrected chi connectivity index (χ1v) is 7.96. The molecule has 1 aliphatic carbocycles. The average Bonchev–Trinajstić information content (AvgIpc) is 2.78. The van der Waals surface area contributed by atoms with Crippen LogP contribution in [0.15, 0.2) is 6.07 Å². The van der Waals surface area contributed by atoms with Gasteiger partial charge < -0.3 is 15.5 Å². The molecule has 1 heterocycles. The second kappa shape index (κ2) is 6.24. The van der Waals surface area contributed by atoms with Gasteiger partial charge >= 0.3 is 5.97 Å². The molecule has 1 fully saturated rings. The molecule has 0 bridgehead atoms. The van der Waals surface area contributed by atoms with Crippen LogP contribution >= 0.6 is 11.3 Å². The Balaban J connectivity index is 2.04. The van der Waals surface area contributed by atoms with Gasteiger partial charge in [-0.1, -0.05) is 19.8 Å². The van der Waals surface area contributed by atoms with E-state index in [-0.39, 0.29) is 12.1 Å². The predicted molar refractivity (Wildman–Crippen MR) is 80.3 cm³/mol. The molecular formula is C15H23NO3S. The summed E-state index contributed by atoms with van der Waals surface area (Å²) in [6.45, 7) is 4.95. The van der Waals surface area contributed by atoms with Crippen molar-refractivity contribution >= 4 is 17.3 Å². The van der Waals surface area contributed by atoms with Gasteiger partial charge in [0, 0.05) is 17.0 Å². The van der Waals surface area contributed by atoms with Crippen molar-refractivity contribution in [3.8, 4) is 0 Å². The Morgan fingerprint density at radius 2 is 2.35 bits per heavy atom. The first-order valence-electron chi connectivity index (χ1n) is 7.14. The lowest BCUT2D eigenvalue weighted by atomic mass is 9.77. The van der Waals surface area contributed by atoms with Crippen LogP contribution in [0.2, 0.25) is 0 Å². The first-order chi connectivity index (χ1) is 9.46. The molecule has 2 rings (SSSR count). The molecule has 0 spiro atoms. The number of hydrogen-bond donors (Lipinski definition) is 3. The zero-order valence-electron chi connectivity index (χ0n) is 12.1. The minimum Gasteiger partial charge on any atom is -0.477 e. The van der Waals surface area contributed by atoms with E-state index in [1.165, 1.54) is 17.8 Å². The van der Waals surface area contributed by atoms with Gasteiger partial charge in [0.1, 0.15) is 4.88 Å². The largest absolute Gasteiger partial charge is 0.477 e. The van der Waals surface area contributed by atoms with E-state index in [1.54, 1.807) is 6.07 Å². The number of carbonyl (C=O) groups is 1. The molecule has 1 aromatic rings. The number of rotatable bonds is 5. The molecule has 3 N–H and O–H groups in total. The second-order valence-electron chi connectivity index (χ2n) is 5.99. The maximum atomic E-state index is 11.0. The summed E-state index contributed by atoms with van der Waals surface area (Å²) in [5, 5.41) is 22.3. The smallest absolute Gasteiger partial charge is 0.345 e. The van der Waals surface area contributed by atoms with Crippen LogP contribution < -0.4 is 5.32 Å². The number of carboxylic acid groups (broad SMARTS) is 1. The van der Waals surface area contributed by atoms with Crippen LogP contribution in [0.4, 0.5) is 0 Å². The first kappa shape index (κ1) is 15.5. The molecule has 0 aliphatic heterocycles. The zero-order valence-corrected chi connectivity index (χ0v) is 12.9. The molecular weight excluding hydrogens is 274 g/mol. The van der Waals surface area contributed by atoms with Crippen LogP contribution in [0, 0.1) is 12.8 Å². The lowest BCUT2D eigenvalue weighted by molar-refractivity contribution is 0.0702. The summed E-state index contributed by atoms with van der Waals surface area (Å²) in [4.78, 5) is 12.4. The number of carboxylic acids is 1. The molecule has 1 aromatic heterocycles. The molecule has 1 saturated carbocycles. The van der Waals surface area contributed by atoms with Gasteiger partial charge in [-0.15, -0.1) is 11.3 Å². The van der Waals surface area contributed by atoms with Crippen molar-refractivity contribution < 1.29 is 15.0 Å². The second-order valence-corrected chi connectivity index (χ2v) is 7.25. The Morgan fingerprint density at radius 1 is 1.60 bits per heavy atom. The van der Waals surface area contributed by atoms with Gasteiger partial charge in [-0.3, -0.25) is 0 Å². The number of thiophene rings is 1. The van der Waals surface area contributed by atoms with E-state index in [2.05, 4.69) is 12.2 Å². The normalized spacial score (nSPS) is 26.6. The Morgan fingerprint density at radius 3 is 2.90 bits per heavy atom. The van der Waals surface area contributed by atoms with Crippen molar-refractivity contribution in [2.24, 2.45) is 5.92 Å². The lowest BCUT2D eigenvalue weighted by Gasteiger charge is -2.39. The molecule has 5 heteroatoms. The summed E-state index contributed by atoms with van der Waals surface area (Å²) in [7, 11) is 0. The Bertz CT molecular complexity index is 485. The molecule has 0 radical (unpaired) electrons. The molecule has 0 amide bonds. The quantitative estimate of drug-likeness (QED) is 0.781. The molecule has 1 aliphatic rings. The van der Waals surface area contributed by atoms with Gasteiger partial charge in [-0.05, 0) is 37.3 Å². The molecule has 0 saturated heterocycles. The Labute approximate surface area is 123 Å². The lowest BCUT2D eigenvalue weighted by Crippen LogP contribution is -2.51. The summed E-state index contributed by atoms with van der Waals surface area (Å²) in [6.07, 6.45) is 4.34. The Kier molecular flexibility index (Phi) is 4.83. The topological polar surface area (TPSA) is 69.6 Å². The highest BCUT2D eigenvalue weighted by Gasteiger charge is 2.33. The van der Waals surface area contributed by atoms with E-state index in [1.807, 2.05) is 6.92 Å². The van der Waals surface area contributed by atoms with E-state index in [0.29, 0.717) is 17.3 Å². The van der Waals surface area contributed by atoms with Crippen molar-refractivity contribution in [3.05, 3.63) is 21.4 Å². The van der Waals surface area contributed by atoms with E-state index in [4.69, 9.17) is 5.11 Å². The number of aryl methyl sites for hydroxylation is 1. The predicted octanol–water partition coefficient (Wildman–Crippen LogP) is 2.79. The van der Waals surface area contributed by atoms with E-state index >= 15 is 0 Å². The van der Waals surface area contributed by atoms with Crippen molar-refractivity contribution in [3.63, 3.8) is 0 Å². The van der Waals surface area contributed by atoms with Crippen LogP contribution in [0.25, 0.3) is 0 Å². The number of aliphatic hydroxyl groups excluding tert-OH is 1. The van der Waals surface area contributed by atoms with Gasteiger partial charge in [-0.2, -0.15) is 0 Å². The summed E-state index contributed by atoms with van der Waals surface area (Å²) >= 11 is 1.31. The molecule has 20 heavy (non-hydrogen) atoms. The minimum absolute atomic E-state index is 0.145. The van der Waals surface area contributed by atoms with E-state index in [0.717, 1.165) is 29.7 Å². The van der Waals surface area contributed by atoms with E-state index < -0.39 is 5.97 Å². The van der Waals surface area contributed by atoms with Gasteiger partial charge in [-0.25, -0.2) is 4.79 Å². The van der Waals surface area contributed by atoms with Crippen LogP contribution in [-0.4, -0.2) is 28.3 Å². The highest BCUT2D eigenvalue weighted by molar-refractivity contribution is 7.14. The van der Waals surface area contributed by atoms with Crippen molar-refractivity contribution in [1.29, 1.82) is 0 Å².